The van der Waals surface area contributed by atoms with Crippen molar-refractivity contribution in [2.75, 3.05) is 0 Å². The van der Waals surface area contributed by atoms with E-state index in [1.807, 2.05) is 0 Å². The van der Waals surface area contributed by atoms with Gasteiger partial charge >= 0.3 is 0 Å². The summed E-state index contributed by atoms with van der Waals surface area (Å²) in [4.78, 5) is 0. The van der Waals surface area contributed by atoms with E-state index in [4.69, 9.17) is 4.42 Å². The van der Waals surface area contributed by atoms with Crippen molar-refractivity contribution in [3.8, 4) is 0 Å². The van der Waals surface area contributed by atoms with Gasteiger partial charge in [0.2, 0.25) is 0 Å². The number of rotatable bonds is 1. The molecule has 1 aromatic rings. The zero-order valence-electron chi connectivity index (χ0n) is 8.85. The van der Waals surface area contributed by atoms with Gasteiger partial charge in [0.1, 0.15) is 0 Å². The first-order valence-electron chi connectivity index (χ1n) is 5.31. The fraction of sp³-hybridized carbons (Fsp3) is 0.667. The van der Waals surface area contributed by atoms with Crippen LogP contribution in [0.1, 0.15) is 51.0 Å². The number of hydrogen-bond donors (Lipinski definition) is 0. The van der Waals surface area contributed by atoms with Gasteiger partial charge in [0.05, 0.1) is 6.26 Å². The molecule has 0 aromatic carbocycles. The minimum Gasteiger partial charge on any atom is -0.457 e. The molecule has 1 fully saturated rings. The third-order valence-corrected chi connectivity index (χ3v) is 4.07. The quantitative estimate of drug-likeness (QED) is 0.709. The first kappa shape index (κ1) is 10.3. The summed E-state index contributed by atoms with van der Waals surface area (Å²) in [6.45, 7) is 4.74. The maximum absolute atomic E-state index is 5.29. The standard InChI is InChI=1S/C12H17BrO/c1-12(2)6-3-9(4-7-12)10-5-8-14-11(10)13/h5,8-9H,3-4,6-7H2,1-2H3. The summed E-state index contributed by atoms with van der Waals surface area (Å²) in [7, 11) is 0. The van der Waals surface area contributed by atoms with Crippen molar-refractivity contribution in [3.05, 3.63) is 22.6 Å². The molecule has 1 aromatic heterocycles. The molecule has 1 nitrogen and oxygen atoms in total. The maximum atomic E-state index is 5.29. The van der Waals surface area contributed by atoms with E-state index in [0.717, 1.165) is 4.67 Å². The molecule has 0 unspecified atom stereocenters. The summed E-state index contributed by atoms with van der Waals surface area (Å²) in [5.74, 6) is 0.705. The highest BCUT2D eigenvalue weighted by Crippen LogP contribution is 2.44. The first-order chi connectivity index (χ1) is 6.58. The lowest BCUT2D eigenvalue weighted by Crippen LogP contribution is -2.20. The predicted molar refractivity (Wildman–Crippen MR) is 61.4 cm³/mol. The molecular formula is C12H17BrO. The van der Waals surface area contributed by atoms with Crippen LogP contribution < -0.4 is 0 Å². The molecule has 0 saturated heterocycles. The highest BCUT2D eigenvalue weighted by Gasteiger charge is 2.29. The molecule has 1 aliphatic rings. The first-order valence-corrected chi connectivity index (χ1v) is 6.11. The molecule has 0 bridgehead atoms. The molecule has 0 radical (unpaired) electrons. The smallest absolute Gasteiger partial charge is 0.172 e. The third kappa shape index (κ3) is 2.05. The number of hydrogen-bond acceptors (Lipinski definition) is 1. The summed E-state index contributed by atoms with van der Waals surface area (Å²) < 4.78 is 6.22. The van der Waals surface area contributed by atoms with Crippen LogP contribution in [0, 0.1) is 5.41 Å². The van der Waals surface area contributed by atoms with E-state index in [0.29, 0.717) is 11.3 Å². The molecule has 78 valence electrons. The van der Waals surface area contributed by atoms with E-state index in [-0.39, 0.29) is 0 Å². The van der Waals surface area contributed by atoms with Gasteiger partial charge in [-0.15, -0.1) is 0 Å². The predicted octanol–water partition coefficient (Wildman–Crippen LogP) is 4.73. The lowest BCUT2D eigenvalue weighted by Gasteiger charge is -2.34. The fourth-order valence-corrected chi connectivity index (χ4v) is 2.87. The minimum absolute atomic E-state index is 0.548. The molecule has 0 N–H and O–H groups in total. The van der Waals surface area contributed by atoms with Crippen LogP contribution in [0.25, 0.3) is 0 Å². The Labute approximate surface area is 94.0 Å². The van der Waals surface area contributed by atoms with Crippen LogP contribution in [0.4, 0.5) is 0 Å². The highest BCUT2D eigenvalue weighted by atomic mass is 79.9. The Hall–Kier alpha value is -0.240. The van der Waals surface area contributed by atoms with Crippen molar-refractivity contribution in [1.29, 1.82) is 0 Å². The molecule has 14 heavy (non-hydrogen) atoms. The van der Waals surface area contributed by atoms with Crippen LogP contribution in [0.2, 0.25) is 0 Å². The van der Waals surface area contributed by atoms with E-state index in [1.54, 1.807) is 6.26 Å². The topological polar surface area (TPSA) is 13.1 Å². The van der Waals surface area contributed by atoms with Crippen molar-refractivity contribution in [1.82, 2.24) is 0 Å². The van der Waals surface area contributed by atoms with Crippen molar-refractivity contribution < 1.29 is 4.42 Å². The minimum atomic E-state index is 0.548. The number of halogens is 1. The lowest BCUT2D eigenvalue weighted by molar-refractivity contribution is 0.223. The molecule has 2 heteroatoms. The normalized spacial score (nSPS) is 22.5. The van der Waals surface area contributed by atoms with Gasteiger partial charge in [-0.05, 0) is 59.0 Å². The zero-order valence-corrected chi connectivity index (χ0v) is 10.4. The van der Waals surface area contributed by atoms with Crippen LogP contribution in [0.3, 0.4) is 0 Å². The summed E-state index contributed by atoms with van der Waals surface area (Å²) in [6.07, 6.45) is 7.03. The Bertz CT molecular complexity index is 304. The van der Waals surface area contributed by atoms with Crippen molar-refractivity contribution in [2.24, 2.45) is 5.41 Å². The van der Waals surface area contributed by atoms with Crippen molar-refractivity contribution in [2.45, 2.75) is 45.4 Å². The summed E-state index contributed by atoms with van der Waals surface area (Å²) in [5.41, 5.74) is 1.91. The van der Waals surface area contributed by atoms with Crippen LogP contribution in [0.15, 0.2) is 21.4 Å². The molecule has 0 spiro atoms. The second-order valence-electron chi connectivity index (χ2n) is 5.09. The van der Waals surface area contributed by atoms with Gasteiger partial charge in [-0.2, -0.15) is 0 Å². The Balaban J connectivity index is 2.06. The van der Waals surface area contributed by atoms with Gasteiger partial charge < -0.3 is 4.42 Å². The fourth-order valence-electron chi connectivity index (χ4n) is 2.31. The Morgan fingerprint density at radius 3 is 2.50 bits per heavy atom. The molecule has 1 heterocycles. The van der Waals surface area contributed by atoms with Crippen LogP contribution in [-0.4, -0.2) is 0 Å². The van der Waals surface area contributed by atoms with E-state index in [9.17, 15) is 0 Å². The second-order valence-corrected chi connectivity index (χ2v) is 5.81. The highest BCUT2D eigenvalue weighted by molar-refractivity contribution is 9.10. The molecule has 1 aliphatic carbocycles. The SMILES string of the molecule is CC1(C)CCC(c2ccoc2Br)CC1. The molecular weight excluding hydrogens is 240 g/mol. The van der Waals surface area contributed by atoms with Crippen LogP contribution in [-0.2, 0) is 0 Å². The molecule has 0 atom stereocenters. The maximum Gasteiger partial charge on any atom is 0.172 e. The van der Waals surface area contributed by atoms with Gasteiger partial charge in [0.25, 0.3) is 0 Å². The third-order valence-electron chi connectivity index (χ3n) is 3.43. The van der Waals surface area contributed by atoms with Crippen LogP contribution >= 0.6 is 15.9 Å². The summed E-state index contributed by atoms with van der Waals surface area (Å²) in [6, 6.07) is 2.10. The average molecular weight is 257 g/mol. The Morgan fingerprint density at radius 2 is 2.00 bits per heavy atom. The summed E-state index contributed by atoms with van der Waals surface area (Å²) in [5, 5.41) is 0. The second kappa shape index (κ2) is 3.73. The van der Waals surface area contributed by atoms with E-state index >= 15 is 0 Å². The van der Waals surface area contributed by atoms with E-state index < -0.39 is 0 Å². The Morgan fingerprint density at radius 1 is 1.36 bits per heavy atom. The number of furan rings is 1. The van der Waals surface area contributed by atoms with Gasteiger partial charge in [-0.3, -0.25) is 0 Å². The average Bonchev–Trinajstić information content (AvgIpc) is 2.52. The monoisotopic (exact) mass is 256 g/mol. The molecule has 1 saturated carbocycles. The lowest BCUT2D eigenvalue weighted by atomic mass is 9.72. The molecule has 0 aliphatic heterocycles. The van der Waals surface area contributed by atoms with Gasteiger partial charge in [0, 0.05) is 5.56 Å². The molecule has 2 rings (SSSR count). The van der Waals surface area contributed by atoms with Gasteiger partial charge in [-0.25, -0.2) is 0 Å². The molecule has 0 amide bonds. The largest absolute Gasteiger partial charge is 0.457 e. The summed E-state index contributed by atoms with van der Waals surface area (Å²) >= 11 is 3.46. The van der Waals surface area contributed by atoms with Crippen molar-refractivity contribution in [3.63, 3.8) is 0 Å². The van der Waals surface area contributed by atoms with Crippen molar-refractivity contribution >= 4 is 15.9 Å². The van der Waals surface area contributed by atoms with Gasteiger partial charge in [-0.1, -0.05) is 13.8 Å². The Kier molecular flexibility index (Phi) is 2.74. The van der Waals surface area contributed by atoms with E-state index in [1.165, 1.54) is 31.2 Å². The van der Waals surface area contributed by atoms with E-state index in [2.05, 4.69) is 35.8 Å². The zero-order chi connectivity index (χ0) is 10.2. The van der Waals surface area contributed by atoms with Crippen LogP contribution in [0.5, 0.6) is 0 Å². The van der Waals surface area contributed by atoms with Gasteiger partial charge in [0.15, 0.2) is 4.67 Å².